The molecule has 0 radical (unpaired) electrons. The van der Waals surface area contributed by atoms with Crippen LogP contribution < -0.4 is 5.32 Å². The van der Waals surface area contributed by atoms with Gasteiger partial charge in [-0.2, -0.15) is 13.2 Å². The summed E-state index contributed by atoms with van der Waals surface area (Å²) in [5.41, 5.74) is -3.82. The van der Waals surface area contributed by atoms with Gasteiger partial charge in [0, 0.05) is 25.2 Å². The molecule has 0 aliphatic carbocycles. The molecule has 0 aromatic heterocycles. The average molecular weight is 362 g/mol. The third kappa shape index (κ3) is 4.56. The van der Waals surface area contributed by atoms with E-state index in [1.165, 1.54) is 0 Å². The molecule has 0 saturated carbocycles. The van der Waals surface area contributed by atoms with Crippen molar-refractivity contribution in [3.05, 3.63) is 37.9 Å². The number of benzene rings is 1. The molecule has 138 valence electrons. The van der Waals surface area contributed by atoms with Gasteiger partial charge < -0.3 is 10.2 Å². The molecular weight excluding hydrogens is 345 g/mol. The number of nitrogens with zero attached hydrogens (tertiary/aromatic N) is 3. The van der Waals surface area contributed by atoms with Crippen molar-refractivity contribution in [1.29, 1.82) is 0 Å². The number of nitro groups is 2. The fourth-order valence-electron chi connectivity index (χ4n) is 2.93. The Morgan fingerprint density at radius 3 is 2.24 bits per heavy atom. The molecule has 8 nitrogen and oxygen atoms in total. The zero-order chi connectivity index (χ0) is 18.8. The van der Waals surface area contributed by atoms with Crippen LogP contribution in [-0.4, -0.2) is 41.4 Å². The van der Waals surface area contributed by atoms with E-state index in [0.717, 1.165) is 19.4 Å². The molecule has 1 heterocycles. The highest BCUT2D eigenvalue weighted by Gasteiger charge is 2.37. The van der Waals surface area contributed by atoms with Crippen LogP contribution in [0, 0.1) is 26.1 Å². The van der Waals surface area contributed by atoms with Crippen molar-refractivity contribution in [3.8, 4) is 0 Å². The van der Waals surface area contributed by atoms with Crippen LogP contribution in [0.3, 0.4) is 0 Å². The average Bonchev–Trinajstić information content (AvgIpc) is 2.51. The Morgan fingerprint density at radius 1 is 1.24 bits per heavy atom. The zero-order valence-electron chi connectivity index (χ0n) is 13.4. The minimum Gasteiger partial charge on any atom is -0.374 e. The van der Waals surface area contributed by atoms with E-state index < -0.39 is 38.6 Å². The molecule has 0 amide bonds. The van der Waals surface area contributed by atoms with Gasteiger partial charge in [0.2, 0.25) is 0 Å². The van der Waals surface area contributed by atoms with E-state index in [1.807, 2.05) is 7.05 Å². The van der Waals surface area contributed by atoms with Crippen LogP contribution in [-0.2, 0) is 6.18 Å². The van der Waals surface area contributed by atoms with Gasteiger partial charge in [0.15, 0.2) is 5.69 Å². The Hall–Kier alpha value is -2.43. The topological polar surface area (TPSA) is 102 Å². The maximum atomic E-state index is 12.9. The fourth-order valence-corrected chi connectivity index (χ4v) is 2.93. The molecule has 1 aromatic carbocycles. The lowest BCUT2D eigenvalue weighted by Crippen LogP contribution is -2.35. The van der Waals surface area contributed by atoms with Crippen LogP contribution >= 0.6 is 0 Å². The van der Waals surface area contributed by atoms with Crippen molar-refractivity contribution in [1.82, 2.24) is 4.90 Å². The van der Waals surface area contributed by atoms with E-state index in [9.17, 15) is 33.4 Å². The maximum absolute atomic E-state index is 12.9. The van der Waals surface area contributed by atoms with Crippen molar-refractivity contribution >= 4 is 17.1 Å². The number of piperidine rings is 1. The van der Waals surface area contributed by atoms with Gasteiger partial charge in [0.25, 0.3) is 11.4 Å². The zero-order valence-corrected chi connectivity index (χ0v) is 13.4. The van der Waals surface area contributed by atoms with Crippen molar-refractivity contribution < 1.29 is 23.0 Å². The van der Waals surface area contributed by atoms with E-state index in [2.05, 4.69) is 10.2 Å². The van der Waals surface area contributed by atoms with Gasteiger partial charge in [-0.3, -0.25) is 20.2 Å². The van der Waals surface area contributed by atoms with E-state index in [-0.39, 0.29) is 12.5 Å². The van der Waals surface area contributed by atoms with E-state index in [0.29, 0.717) is 18.7 Å². The van der Waals surface area contributed by atoms with Crippen LogP contribution in [0.15, 0.2) is 12.1 Å². The number of anilines is 1. The van der Waals surface area contributed by atoms with Crippen molar-refractivity contribution in [2.24, 2.45) is 5.92 Å². The predicted octanol–water partition coefficient (Wildman–Crippen LogP) is 3.28. The van der Waals surface area contributed by atoms with Crippen LogP contribution in [0.25, 0.3) is 0 Å². The second-order valence-corrected chi connectivity index (χ2v) is 6.05. The summed E-state index contributed by atoms with van der Waals surface area (Å²) in [4.78, 5) is 22.3. The van der Waals surface area contributed by atoms with Gasteiger partial charge in [0.1, 0.15) is 0 Å². The van der Waals surface area contributed by atoms with Crippen molar-refractivity contribution in [2.75, 3.05) is 32.0 Å². The lowest BCUT2D eigenvalue weighted by Gasteiger charge is -2.29. The number of likely N-dealkylation sites (tertiary alicyclic amines) is 1. The van der Waals surface area contributed by atoms with Gasteiger partial charge in [-0.25, -0.2) is 0 Å². The molecule has 0 bridgehead atoms. The summed E-state index contributed by atoms with van der Waals surface area (Å²) >= 11 is 0. The second kappa shape index (κ2) is 7.21. The summed E-state index contributed by atoms with van der Waals surface area (Å²) in [7, 11) is 1.91. The summed E-state index contributed by atoms with van der Waals surface area (Å²) in [6.07, 6.45) is -3.17. The number of hydrogen-bond donors (Lipinski definition) is 1. The first-order valence-corrected chi connectivity index (χ1v) is 7.56. The highest BCUT2D eigenvalue weighted by molar-refractivity contribution is 5.75. The molecule has 1 aliphatic rings. The molecule has 11 heteroatoms. The summed E-state index contributed by atoms with van der Waals surface area (Å²) in [5, 5.41) is 24.9. The highest BCUT2D eigenvalue weighted by atomic mass is 19.4. The molecule has 1 fully saturated rings. The normalized spacial score (nSPS) is 18.8. The third-order valence-electron chi connectivity index (χ3n) is 4.11. The van der Waals surface area contributed by atoms with E-state index >= 15 is 0 Å². The van der Waals surface area contributed by atoms with Gasteiger partial charge >= 0.3 is 6.18 Å². The van der Waals surface area contributed by atoms with Gasteiger partial charge in [-0.15, -0.1) is 0 Å². The first kappa shape index (κ1) is 18.9. The number of nitro benzene ring substituents is 2. The molecule has 1 aliphatic heterocycles. The summed E-state index contributed by atoms with van der Waals surface area (Å²) in [6.45, 7) is 1.82. The SMILES string of the molecule is CN1CCCC(CNc2c([N+](=O)[O-])cc(C(F)(F)F)cc2[N+](=O)[O-])C1. The highest BCUT2D eigenvalue weighted by Crippen LogP contribution is 2.41. The monoisotopic (exact) mass is 362 g/mol. The van der Waals surface area contributed by atoms with E-state index in [4.69, 9.17) is 0 Å². The number of alkyl halides is 3. The quantitative estimate of drug-likeness (QED) is 0.637. The number of halogens is 3. The second-order valence-electron chi connectivity index (χ2n) is 6.05. The number of rotatable bonds is 5. The lowest BCUT2D eigenvalue weighted by atomic mass is 9.98. The smallest absolute Gasteiger partial charge is 0.374 e. The molecular formula is C14H17F3N4O4. The lowest BCUT2D eigenvalue weighted by molar-refractivity contribution is -0.392. The van der Waals surface area contributed by atoms with Crippen molar-refractivity contribution in [3.63, 3.8) is 0 Å². The molecule has 1 aromatic rings. The minimum absolute atomic E-state index is 0.0975. The van der Waals surface area contributed by atoms with Crippen LogP contribution in [0.2, 0.25) is 0 Å². The number of hydrogen-bond acceptors (Lipinski definition) is 6. The standard InChI is InChI=1S/C14H17F3N4O4/c1-19-4-2-3-9(8-19)7-18-13-11(20(22)23)5-10(14(15,16)17)6-12(13)21(24)25/h5-6,9,18H,2-4,7-8H2,1H3. The summed E-state index contributed by atoms with van der Waals surface area (Å²) in [6, 6.07) is 0.644. The summed E-state index contributed by atoms with van der Waals surface area (Å²) in [5.74, 6) is 0.0975. The Labute approximate surface area is 140 Å². The maximum Gasteiger partial charge on any atom is 0.416 e. The molecule has 1 unspecified atom stereocenters. The van der Waals surface area contributed by atoms with Crippen LogP contribution in [0.5, 0.6) is 0 Å². The molecule has 1 saturated heterocycles. The first-order valence-electron chi connectivity index (χ1n) is 7.56. The fraction of sp³-hybridized carbons (Fsp3) is 0.571. The molecule has 0 spiro atoms. The van der Waals surface area contributed by atoms with Crippen LogP contribution in [0.4, 0.5) is 30.2 Å². The third-order valence-corrected chi connectivity index (χ3v) is 4.11. The molecule has 1 atom stereocenters. The van der Waals surface area contributed by atoms with Gasteiger partial charge in [0.05, 0.1) is 15.4 Å². The molecule has 1 N–H and O–H groups in total. The Bertz CT molecular complexity index is 646. The first-order chi connectivity index (χ1) is 11.6. The van der Waals surface area contributed by atoms with Gasteiger partial charge in [-0.05, 0) is 32.4 Å². The Balaban J connectivity index is 2.37. The van der Waals surface area contributed by atoms with Crippen molar-refractivity contribution in [2.45, 2.75) is 19.0 Å². The van der Waals surface area contributed by atoms with Gasteiger partial charge in [-0.1, -0.05) is 0 Å². The Kier molecular flexibility index (Phi) is 5.45. The minimum atomic E-state index is -4.92. The molecule has 25 heavy (non-hydrogen) atoms. The Morgan fingerprint density at radius 2 is 1.80 bits per heavy atom. The predicted molar refractivity (Wildman–Crippen MR) is 83.5 cm³/mol. The molecule has 2 rings (SSSR count). The van der Waals surface area contributed by atoms with E-state index in [1.54, 1.807) is 0 Å². The summed E-state index contributed by atoms with van der Waals surface area (Å²) < 4.78 is 38.6. The van der Waals surface area contributed by atoms with Crippen LogP contribution in [0.1, 0.15) is 18.4 Å². The largest absolute Gasteiger partial charge is 0.416 e. The number of nitrogens with one attached hydrogen (secondary N) is 1.